The van der Waals surface area contributed by atoms with Crippen LogP contribution in [0.3, 0.4) is 0 Å². The molecule has 0 amide bonds. The minimum absolute atomic E-state index is 0.0344. The summed E-state index contributed by atoms with van der Waals surface area (Å²) in [6.07, 6.45) is 61.8. The van der Waals surface area contributed by atoms with Crippen LogP contribution in [0.4, 0.5) is 22.7 Å². The highest BCUT2D eigenvalue weighted by Gasteiger charge is 2.43. The van der Waals surface area contributed by atoms with Crippen LogP contribution < -0.4 is 41.9 Å². The van der Waals surface area contributed by atoms with Crippen molar-refractivity contribution in [2.75, 3.05) is 22.9 Å². The van der Waals surface area contributed by atoms with E-state index in [0.29, 0.717) is 22.7 Å². The van der Waals surface area contributed by atoms with Gasteiger partial charge in [0.15, 0.2) is 0 Å². The molecular formula is C102H140N4O4. The van der Waals surface area contributed by atoms with Gasteiger partial charge in [0, 0.05) is 57.8 Å². The minimum Gasteiger partial charge on any atom is -0.457 e. The Labute approximate surface area is 665 Å². The van der Waals surface area contributed by atoms with Crippen molar-refractivity contribution >= 4 is 22.7 Å². The van der Waals surface area contributed by atoms with Gasteiger partial charge in [-0.1, -0.05) is 292 Å². The lowest BCUT2D eigenvalue weighted by molar-refractivity contribution is 0.140. The lowest BCUT2D eigenvalue weighted by Crippen LogP contribution is -2.35. The van der Waals surface area contributed by atoms with Gasteiger partial charge in [-0.3, -0.25) is 0 Å². The van der Waals surface area contributed by atoms with Crippen LogP contribution in [-0.4, -0.2) is 0 Å². The maximum absolute atomic E-state index is 6.19. The first-order chi connectivity index (χ1) is 54.0. The molecule has 0 unspecified atom stereocenters. The average molecular weight is 1490 g/mol. The van der Waals surface area contributed by atoms with Gasteiger partial charge in [0.25, 0.3) is 0 Å². The van der Waals surface area contributed by atoms with E-state index in [2.05, 4.69) is 111 Å². The van der Waals surface area contributed by atoms with Gasteiger partial charge >= 0.3 is 0 Å². The molecule has 12 rings (SSSR count). The van der Waals surface area contributed by atoms with Gasteiger partial charge < -0.3 is 41.9 Å². The third-order valence-electron chi connectivity index (χ3n) is 26.3. The first kappa shape index (κ1) is 83.1. The van der Waals surface area contributed by atoms with Crippen LogP contribution in [-0.2, 0) is 10.8 Å². The molecule has 8 nitrogen and oxygen atoms in total. The van der Waals surface area contributed by atoms with E-state index < -0.39 is 0 Å². The van der Waals surface area contributed by atoms with Crippen molar-refractivity contribution in [2.45, 2.75) is 307 Å². The topological polar surface area (TPSA) is 141 Å². The van der Waals surface area contributed by atoms with E-state index in [9.17, 15) is 0 Å². The molecule has 110 heavy (non-hydrogen) atoms. The first-order valence-corrected chi connectivity index (χ1v) is 44.6. The summed E-state index contributed by atoms with van der Waals surface area (Å²) in [6.45, 7) is 4.61. The van der Waals surface area contributed by atoms with Crippen molar-refractivity contribution < 1.29 is 18.9 Å². The Morgan fingerprint density at radius 3 is 0.664 bits per heavy atom. The Bertz CT molecular complexity index is 3400. The second-order valence-electron chi connectivity index (χ2n) is 34.3. The Kier molecular flexibility index (Phi) is 34.0. The van der Waals surface area contributed by atoms with Crippen LogP contribution >= 0.6 is 0 Å². The molecule has 4 aliphatic rings. The number of anilines is 4. The van der Waals surface area contributed by atoms with Crippen molar-refractivity contribution in [3.05, 3.63) is 216 Å². The van der Waals surface area contributed by atoms with E-state index in [-0.39, 0.29) is 10.8 Å². The predicted octanol–water partition coefficient (Wildman–Crippen LogP) is 30.4. The van der Waals surface area contributed by atoms with E-state index >= 15 is 0 Å². The fourth-order valence-electron chi connectivity index (χ4n) is 19.7. The Morgan fingerprint density at radius 2 is 0.445 bits per heavy atom. The molecule has 8 N–H and O–H groups in total. The van der Waals surface area contributed by atoms with Gasteiger partial charge in [-0.05, 0) is 232 Å². The minimum atomic E-state index is -0.0344. The number of nitrogens with two attached hydrogens (primary N) is 4. The second-order valence-corrected chi connectivity index (χ2v) is 34.3. The predicted molar refractivity (Wildman–Crippen MR) is 466 cm³/mol. The Balaban J connectivity index is 0.000000218. The second kappa shape index (κ2) is 45.0. The molecule has 0 atom stereocenters. The smallest absolute Gasteiger partial charge is 0.129 e. The van der Waals surface area contributed by atoms with Crippen molar-refractivity contribution in [1.82, 2.24) is 0 Å². The van der Waals surface area contributed by atoms with Crippen molar-refractivity contribution in [3.8, 4) is 46.0 Å². The molecule has 592 valence electrons. The standard InChI is InChI=1S/2C51H70N2O2/c2*1-2-3-4-5-6-7-8-9-10-11-12-13-14-17-40-22-24-41(25-23-40)42-34-36-51(37-35-42,43-26-30-47(31-27-43)54-49-20-15-18-45(52)38-49)44-28-32-48(33-29-44)55-50-21-16-19-46(53)39-50/h2*15-16,18-21,26-33,38-42H,2-14,17,22-25,34-37,52-53H2,1H3. The molecule has 4 saturated carbocycles. The number of hydrogen-bond donors (Lipinski definition) is 4. The Hall–Kier alpha value is -7.84. The maximum atomic E-state index is 6.19. The summed E-state index contributed by atoms with van der Waals surface area (Å²) < 4.78 is 24.8. The van der Waals surface area contributed by atoms with Gasteiger partial charge in [0.2, 0.25) is 0 Å². The summed E-state index contributed by atoms with van der Waals surface area (Å²) >= 11 is 0. The van der Waals surface area contributed by atoms with Crippen LogP contribution in [0, 0.1) is 35.5 Å². The maximum Gasteiger partial charge on any atom is 0.129 e. The van der Waals surface area contributed by atoms with Crippen LogP contribution in [0.25, 0.3) is 0 Å². The van der Waals surface area contributed by atoms with E-state index in [1.165, 1.54) is 305 Å². The summed E-state index contributed by atoms with van der Waals surface area (Å²) in [5, 5.41) is 0. The van der Waals surface area contributed by atoms with Gasteiger partial charge in [0.05, 0.1) is 0 Å². The summed E-state index contributed by atoms with van der Waals surface area (Å²) in [5.74, 6) is 11.8. The highest BCUT2D eigenvalue weighted by Crippen LogP contribution is 2.54. The third-order valence-corrected chi connectivity index (χ3v) is 26.3. The van der Waals surface area contributed by atoms with Gasteiger partial charge in [-0.2, -0.15) is 0 Å². The summed E-state index contributed by atoms with van der Waals surface area (Å²) in [6, 6.07) is 65.9. The van der Waals surface area contributed by atoms with Crippen LogP contribution in [0.2, 0.25) is 0 Å². The third kappa shape index (κ3) is 26.1. The monoisotopic (exact) mass is 1490 g/mol. The number of rotatable bonds is 42. The number of unbranched alkanes of at least 4 members (excludes halogenated alkanes) is 24. The molecule has 0 spiro atoms. The van der Waals surface area contributed by atoms with Gasteiger partial charge in [-0.15, -0.1) is 0 Å². The van der Waals surface area contributed by atoms with Crippen molar-refractivity contribution in [3.63, 3.8) is 0 Å². The van der Waals surface area contributed by atoms with Crippen molar-refractivity contribution in [2.24, 2.45) is 35.5 Å². The molecule has 0 radical (unpaired) electrons. The lowest BCUT2D eigenvalue weighted by atomic mass is 9.60. The zero-order valence-electron chi connectivity index (χ0n) is 68.0. The fourth-order valence-corrected chi connectivity index (χ4v) is 19.7. The van der Waals surface area contributed by atoms with E-state index in [1.54, 1.807) is 0 Å². The molecule has 8 heteroatoms. The highest BCUT2D eigenvalue weighted by molar-refractivity contribution is 5.52. The van der Waals surface area contributed by atoms with Crippen LogP contribution in [0.1, 0.15) is 319 Å². The molecular weight excluding hydrogens is 1350 g/mol. The highest BCUT2D eigenvalue weighted by atomic mass is 16.5. The zero-order chi connectivity index (χ0) is 76.3. The molecule has 0 saturated heterocycles. The summed E-state index contributed by atoms with van der Waals surface area (Å²) in [5.41, 5.74) is 32.3. The lowest BCUT2D eigenvalue weighted by Gasteiger charge is -2.44. The average Bonchev–Trinajstić information content (AvgIpc) is 0.766. The molecule has 8 aromatic carbocycles. The molecule has 0 bridgehead atoms. The number of benzene rings is 8. The van der Waals surface area contributed by atoms with Crippen molar-refractivity contribution in [1.29, 1.82) is 0 Å². The molecule has 0 heterocycles. The molecule has 0 aromatic heterocycles. The van der Waals surface area contributed by atoms with Crippen LogP contribution in [0.5, 0.6) is 46.0 Å². The summed E-state index contributed by atoms with van der Waals surface area (Å²) in [4.78, 5) is 0. The van der Waals surface area contributed by atoms with Crippen LogP contribution in [0.15, 0.2) is 194 Å². The molecule has 8 aromatic rings. The Morgan fingerprint density at radius 1 is 0.236 bits per heavy atom. The fraction of sp³-hybridized carbons (Fsp3) is 0.529. The van der Waals surface area contributed by atoms with Gasteiger partial charge in [-0.25, -0.2) is 0 Å². The van der Waals surface area contributed by atoms with E-state index in [4.69, 9.17) is 41.9 Å². The zero-order valence-corrected chi connectivity index (χ0v) is 68.0. The SMILES string of the molecule is CCCCCCCCCCCCCCCC1CCC(C2CCC(c3ccc(Oc4cccc(N)c4)cc3)(c3ccc(Oc4cccc(N)c4)cc3)CC2)CC1.CCCCCCCCCCCCCCCC1CCC(C2CCC(c3ccc(Oc4cccc(N)c4)cc3)(c3ccc(Oc4cccc(N)c4)cc3)CC2)CC1. The quantitative estimate of drug-likeness (QED) is 0.0219. The van der Waals surface area contributed by atoms with E-state index in [1.807, 2.05) is 97.1 Å². The molecule has 4 fully saturated rings. The number of nitrogen functional groups attached to an aromatic ring is 4. The first-order valence-electron chi connectivity index (χ1n) is 44.6. The van der Waals surface area contributed by atoms with Gasteiger partial charge in [0.1, 0.15) is 46.0 Å². The normalized spacial score (nSPS) is 18.6. The molecule has 0 aliphatic heterocycles. The molecule has 4 aliphatic carbocycles. The van der Waals surface area contributed by atoms with E-state index in [0.717, 1.165) is 81.5 Å². The number of ether oxygens (including phenoxy) is 4. The largest absolute Gasteiger partial charge is 0.457 e. The number of hydrogen-bond acceptors (Lipinski definition) is 8. The summed E-state index contributed by atoms with van der Waals surface area (Å²) in [7, 11) is 0.